The summed E-state index contributed by atoms with van der Waals surface area (Å²) in [5.41, 5.74) is 7.18. The van der Waals surface area contributed by atoms with Crippen molar-refractivity contribution in [1.29, 1.82) is 0 Å². The highest BCUT2D eigenvalue weighted by molar-refractivity contribution is 7.19. The van der Waals surface area contributed by atoms with E-state index in [1.54, 1.807) is 24.6 Å². The molecular formula is C22H18F3N3OS. The van der Waals surface area contributed by atoms with Crippen LogP contribution in [0, 0.1) is 6.92 Å². The van der Waals surface area contributed by atoms with E-state index in [4.69, 9.17) is 5.73 Å². The van der Waals surface area contributed by atoms with Crippen LogP contribution in [0.5, 0.6) is 0 Å². The second-order valence-corrected chi connectivity index (χ2v) is 8.24. The minimum atomic E-state index is -4.36. The maximum absolute atomic E-state index is 13.0. The van der Waals surface area contributed by atoms with Gasteiger partial charge in [-0.3, -0.25) is 4.79 Å². The number of aromatic nitrogens is 2. The van der Waals surface area contributed by atoms with Gasteiger partial charge in [-0.15, -0.1) is 11.3 Å². The van der Waals surface area contributed by atoms with E-state index >= 15 is 0 Å². The average molecular weight is 429 g/mol. The number of carbonyl (C=O) groups excluding carboxylic acids is 1. The number of primary amides is 1. The molecule has 2 N–H and O–H groups in total. The predicted octanol–water partition coefficient (Wildman–Crippen LogP) is 5.32. The monoisotopic (exact) mass is 429 g/mol. The molecule has 2 heterocycles. The van der Waals surface area contributed by atoms with Crippen molar-refractivity contribution in [1.82, 2.24) is 9.55 Å². The van der Waals surface area contributed by atoms with Crippen molar-refractivity contribution < 1.29 is 18.0 Å². The number of fused-ring (bicyclic) bond motifs is 1. The van der Waals surface area contributed by atoms with Crippen molar-refractivity contribution >= 4 is 27.3 Å². The summed E-state index contributed by atoms with van der Waals surface area (Å²) in [7, 11) is 1.74. The van der Waals surface area contributed by atoms with Crippen LogP contribution < -0.4 is 5.73 Å². The first-order valence-electron chi connectivity index (χ1n) is 9.16. The molecule has 4 rings (SSSR count). The number of nitrogens with zero attached hydrogens (tertiary/aromatic N) is 2. The highest BCUT2D eigenvalue weighted by Gasteiger charge is 2.30. The van der Waals surface area contributed by atoms with Gasteiger partial charge in [-0.05, 0) is 36.1 Å². The van der Waals surface area contributed by atoms with Gasteiger partial charge in [0.05, 0.1) is 11.3 Å². The number of halogens is 3. The van der Waals surface area contributed by atoms with Gasteiger partial charge in [0.1, 0.15) is 11.5 Å². The first kappa shape index (κ1) is 20.2. The standard InChI is InChI=1S/C22H18F3N3OS/c1-12-18(20(26)29)28(2)21(27-12)17-8-4-6-14-11-16(30-19(14)17)10-13-5-3-7-15(9-13)22(23,24)25/h3-9,11H,10H2,1-2H3,(H2,26,29). The summed E-state index contributed by atoms with van der Waals surface area (Å²) < 4.78 is 41.7. The normalized spacial score (nSPS) is 11.9. The number of nitrogens with two attached hydrogens (primary N) is 1. The lowest BCUT2D eigenvalue weighted by atomic mass is 10.1. The minimum absolute atomic E-state index is 0.350. The lowest BCUT2D eigenvalue weighted by Crippen LogP contribution is -2.16. The molecule has 0 saturated carbocycles. The lowest BCUT2D eigenvalue weighted by Gasteiger charge is -2.08. The average Bonchev–Trinajstić information content (AvgIpc) is 3.20. The number of carbonyl (C=O) groups is 1. The van der Waals surface area contributed by atoms with Crippen molar-refractivity contribution in [3.8, 4) is 11.4 Å². The molecule has 0 saturated heterocycles. The highest BCUT2D eigenvalue weighted by Crippen LogP contribution is 2.36. The number of amides is 1. The molecule has 0 spiro atoms. The van der Waals surface area contributed by atoms with Crippen LogP contribution >= 0.6 is 11.3 Å². The van der Waals surface area contributed by atoms with E-state index in [9.17, 15) is 18.0 Å². The van der Waals surface area contributed by atoms with Crippen molar-refractivity contribution in [2.75, 3.05) is 0 Å². The number of thiophene rings is 1. The fraction of sp³-hybridized carbons (Fsp3) is 0.182. The Labute approximate surface area is 174 Å². The van der Waals surface area contributed by atoms with Gasteiger partial charge in [0.25, 0.3) is 5.91 Å². The Morgan fingerprint density at radius 1 is 1.17 bits per heavy atom. The van der Waals surface area contributed by atoms with E-state index in [2.05, 4.69) is 4.98 Å². The van der Waals surface area contributed by atoms with Crippen LogP contribution in [0.25, 0.3) is 21.5 Å². The van der Waals surface area contributed by atoms with E-state index in [1.807, 2.05) is 24.3 Å². The SMILES string of the molecule is Cc1nc(-c2cccc3cc(Cc4cccc(C(F)(F)F)c4)sc23)n(C)c1C(N)=O. The van der Waals surface area contributed by atoms with Gasteiger partial charge >= 0.3 is 6.18 Å². The Bertz CT molecular complexity index is 1270. The molecule has 8 heteroatoms. The van der Waals surface area contributed by atoms with Gasteiger partial charge in [0.15, 0.2) is 0 Å². The second-order valence-electron chi connectivity index (χ2n) is 7.10. The first-order chi connectivity index (χ1) is 14.1. The Kier molecular flexibility index (Phi) is 4.89. The number of alkyl halides is 3. The van der Waals surface area contributed by atoms with E-state index in [0.717, 1.165) is 26.6 Å². The second kappa shape index (κ2) is 7.28. The molecule has 0 aliphatic rings. The fourth-order valence-corrected chi connectivity index (χ4v) is 4.86. The summed E-state index contributed by atoms with van der Waals surface area (Å²) in [6, 6.07) is 13.1. The molecule has 0 fully saturated rings. The third-order valence-corrected chi connectivity index (χ3v) is 6.16. The van der Waals surface area contributed by atoms with E-state index < -0.39 is 17.6 Å². The van der Waals surface area contributed by atoms with E-state index in [1.165, 1.54) is 23.5 Å². The molecule has 0 aliphatic carbocycles. The van der Waals surface area contributed by atoms with Crippen molar-refractivity contribution in [3.63, 3.8) is 0 Å². The largest absolute Gasteiger partial charge is 0.416 e. The number of benzene rings is 2. The molecule has 4 aromatic rings. The zero-order chi connectivity index (χ0) is 21.6. The molecule has 0 unspecified atom stereocenters. The van der Waals surface area contributed by atoms with Gasteiger partial charge in [0, 0.05) is 28.6 Å². The van der Waals surface area contributed by atoms with Gasteiger partial charge in [-0.25, -0.2) is 4.98 Å². The van der Waals surface area contributed by atoms with Crippen LogP contribution in [0.4, 0.5) is 13.2 Å². The fourth-order valence-electron chi connectivity index (χ4n) is 3.66. The van der Waals surface area contributed by atoms with Gasteiger partial charge in [0.2, 0.25) is 0 Å². The molecule has 30 heavy (non-hydrogen) atoms. The zero-order valence-electron chi connectivity index (χ0n) is 16.2. The van der Waals surface area contributed by atoms with Crippen molar-refractivity contribution in [2.24, 2.45) is 12.8 Å². The summed E-state index contributed by atoms with van der Waals surface area (Å²) in [4.78, 5) is 17.2. The highest BCUT2D eigenvalue weighted by atomic mass is 32.1. The van der Waals surface area contributed by atoms with Crippen LogP contribution in [0.2, 0.25) is 0 Å². The molecule has 2 aromatic carbocycles. The quantitative estimate of drug-likeness (QED) is 0.477. The molecule has 0 bridgehead atoms. The van der Waals surface area contributed by atoms with Crippen molar-refractivity contribution in [2.45, 2.75) is 19.5 Å². The molecular weight excluding hydrogens is 411 g/mol. The van der Waals surface area contributed by atoms with Crippen LogP contribution in [0.15, 0.2) is 48.5 Å². The number of hydrogen-bond donors (Lipinski definition) is 1. The van der Waals surface area contributed by atoms with Gasteiger partial charge < -0.3 is 10.3 Å². The third-order valence-electron chi connectivity index (χ3n) is 4.97. The van der Waals surface area contributed by atoms with Crippen LogP contribution in [0.3, 0.4) is 0 Å². The van der Waals surface area contributed by atoms with Gasteiger partial charge in [-0.1, -0.05) is 30.3 Å². The van der Waals surface area contributed by atoms with Crippen molar-refractivity contribution in [3.05, 3.63) is 75.9 Å². The smallest absolute Gasteiger partial charge is 0.364 e. The number of imidazole rings is 1. The summed E-state index contributed by atoms with van der Waals surface area (Å²) in [5, 5.41) is 0.973. The predicted molar refractivity (Wildman–Crippen MR) is 112 cm³/mol. The van der Waals surface area contributed by atoms with Gasteiger partial charge in [-0.2, -0.15) is 13.2 Å². The maximum Gasteiger partial charge on any atom is 0.416 e. The Morgan fingerprint density at radius 3 is 2.57 bits per heavy atom. The lowest BCUT2D eigenvalue weighted by molar-refractivity contribution is -0.137. The van der Waals surface area contributed by atoms with E-state index in [-0.39, 0.29) is 0 Å². The molecule has 0 aliphatic heterocycles. The molecule has 1 amide bonds. The summed E-state index contributed by atoms with van der Waals surface area (Å²) in [6.45, 7) is 1.73. The first-order valence-corrected chi connectivity index (χ1v) is 9.98. The minimum Gasteiger partial charge on any atom is -0.364 e. The molecule has 0 atom stereocenters. The van der Waals surface area contributed by atoms with E-state index in [0.29, 0.717) is 29.2 Å². The van der Waals surface area contributed by atoms with Crippen LogP contribution in [0.1, 0.15) is 32.2 Å². The topological polar surface area (TPSA) is 60.9 Å². The molecule has 0 radical (unpaired) electrons. The zero-order valence-corrected chi connectivity index (χ0v) is 17.1. The Morgan fingerprint density at radius 2 is 1.90 bits per heavy atom. The van der Waals surface area contributed by atoms with Crippen LogP contribution in [-0.2, 0) is 19.6 Å². The number of rotatable bonds is 4. The Balaban J connectivity index is 1.76. The third kappa shape index (κ3) is 3.59. The number of aryl methyl sites for hydroxylation is 1. The summed E-state index contributed by atoms with van der Waals surface area (Å²) in [5.74, 6) is 0.0803. The Hall–Kier alpha value is -3.13. The number of hydrogen-bond acceptors (Lipinski definition) is 3. The summed E-state index contributed by atoms with van der Waals surface area (Å²) >= 11 is 1.51. The molecule has 154 valence electrons. The molecule has 2 aromatic heterocycles. The molecule has 4 nitrogen and oxygen atoms in total. The van der Waals surface area contributed by atoms with Crippen LogP contribution in [-0.4, -0.2) is 15.5 Å². The maximum atomic E-state index is 13.0. The summed E-state index contributed by atoms with van der Waals surface area (Å²) in [6.07, 6.45) is -3.97.